The lowest BCUT2D eigenvalue weighted by molar-refractivity contribution is -0.181. The summed E-state index contributed by atoms with van der Waals surface area (Å²) in [4.78, 5) is 35.8. The van der Waals surface area contributed by atoms with Crippen LogP contribution in [0.4, 0.5) is 13.2 Å². The fourth-order valence-electron chi connectivity index (χ4n) is 5.18. The maximum absolute atomic E-state index is 13.6. The van der Waals surface area contributed by atoms with Gasteiger partial charge in [0, 0.05) is 38.6 Å². The number of pyridine rings is 1. The smallest absolute Gasteiger partial charge is 0.392 e. The van der Waals surface area contributed by atoms with Gasteiger partial charge < -0.3 is 5.11 Å². The molecule has 33 heavy (non-hydrogen) atoms. The number of carbonyl (C=O) groups is 2. The Morgan fingerprint density at radius 2 is 1.79 bits per heavy atom. The van der Waals surface area contributed by atoms with Gasteiger partial charge in [0.2, 0.25) is 5.91 Å². The highest BCUT2D eigenvalue weighted by Gasteiger charge is 2.64. The van der Waals surface area contributed by atoms with E-state index in [1.165, 1.54) is 17.0 Å². The zero-order valence-corrected chi connectivity index (χ0v) is 17.7. The number of carbonyl (C=O) groups excluding carboxylic acids is 2. The maximum atomic E-state index is 13.6. The van der Waals surface area contributed by atoms with E-state index < -0.39 is 29.4 Å². The van der Waals surface area contributed by atoms with Crippen LogP contribution in [-0.2, 0) is 28.9 Å². The molecule has 7 nitrogen and oxygen atoms in total. The van der Waals surface area contributed by atoms with Gasteiger partial charge in [0.05, 0.1) is 24.3 Å². The van der Waals surface area contributed by atoms with E-state index in [1.54, 1.807) is 24.5 Å². The van der Waals surface area contributed by atoms with Gasteiger partial charge in [0.15, 0.2) is 0 Å². The van der Waals surface area contributed by atoms with E-state index in [1.807, 2.05) is 9.80 Å². The van der Waals surface area contributed by atoms with Gasteiger partial charge in [0.1, 0.15) is 5.54 Å². The highest BCUT2D eigenvalue weighted by atomic mass is 19.4. The van der Waals surface area contributed by atoms with Gasteiger partial charge in [-0.15, -0.1) is 0 Å². The third kappa shape index (κ3) is 3.81. The van der Waals surface area contributed by atoms with Gasteiger partial charge in [-0.05, 0) is 35.7 Å². The molecule has 10 heteroatoms. The van der Waals surface area contributed by atoms with E-state index >= 15 is 0 Å². The standard InChI is InChI=1S/C23H23F3N4O3/c24-23(25,26)17-5-3-15(4-6-17)10-28-13-22(14-28)21(33)29(11-16-2-1-7-27-9-16)20(32)19-8-18(31)12-30(19)22/h1-7,9,18-19,31H,8,10-14H2/t18-,19+/m1/s1. The fourth-order valence-corrected chi connectivity index (χ4v) is 5.18. The number of nitrogens with zero attached hydrogens (tertiary/aromatic N) is 4. The molecule has 0 unspecified atom stereocenters. The van der Waals surface area contributed by atoms with Crippen LogP contribution in [0.3, 0.4) is 0 Å². The molecule has 1 N–H and O–H groups in total. The normalized spacial score (nSPS) is 25.4. The summed E-state index contributed by atoms with van der Waals surface area (Å²) in [6.45, 7) is 1.44. The van der Waals surface area contributed by atoms with Gasteiger partial charge in [-0.3, -0.25) is 29.3 Å². The van der Waals surface area contributed by atoms with Crippen LogP contribution in [-0.4, -0.2) is 73.9 Å². The molecule has 1 aromatic carbocycles. The van der Waals surface area contributed by atoms with Gasteiger partial charge in [-0.1, -0.05) is 18.2 Å². The minimum absolute atomic E-state index is 0.118. The van der Waals surface area contributed by atoms with E-state index in [4.69, 9.17) is 0 Å². The number of aromatic nitrogens is 1. The summed E-state index contributed by atoms with van der Waals surface area (Å²) in [5, 5.41) is 10.2. The zero-order valence-electron chi connectivity index (χ0n) is 17.7. The number of amides is 2. The number of β-amino-alcohol motifs (C(OH)–C–C–N with tert-alkyl or cyclic N) is 1. The predicted octanol–water partition coefficient (Wildman–Crippen LogP) is 1.66. The first-order valence-corrected chi connectivity index (χ1v) is 10.8. The number of fused-ring (bicyclic) bond motifs is 2. The molecule has 0 bridgehead atoms. The van der Waals surface area contributed by atoms with Gasteiger partial charge in [0.25, 0.3) is 5.91 Å². The van der Waals surface area contributed by atoms with Crippen LogP contribution < -0.4 is 0 Å². The lowest BCUT2D eigenvalue weighted by Crippen LogP contribution is -2.81. The van der Waals surface area contributed by atoms with Crippen molar-refractivity contribution in [1.29, 1.82) is 0 Å². The Morgan fingerprint density at radius 3 is 2.42 bits per heavy atom. The molecule has 1 spiro atoms. The highest BCUT2D eigenvalue weighted by Crippen LogP contribution is 2.41. The lowest BCUT2D eigenvalue weighted by atomic mass is 9.82. The number of rotatable bonds is 4. The largest absolute Gasteiger partial charge is 0.416 e. The molecule has 0 radical (unpaired) electrons. The second kappa shape index (κ2) is 7.89. The van der Waals surface area contributed by atoms with E-state index in [9.17, 15) is 27.9 Å². The molecule has 3 aliphatic rings. The molecule has 174 valence electrons. The monoisotopic (exact) mass is 460 g/mol. The third-order valence-corrected chi connectivity index (χ3v) is 6.74. The number of halogens is 3. The summed E-state index contributed by atoms with van der Waals surface area (Å²) in [7, 11) is 0. The van der Waals surface area contributed by atoms with Crippen molar-refractivity contribution in [2.75, 3.05) is 19.6 Å². The van der Waals surface area contributed by atoms with Gasteiger partial charge in [-0.2, -0.15) is 13.2 Å². The number of aliphatic hydroxyl groups excluding tert-OH is 1. The van der Waals surface area contributed by atoms with Crippen LogP contribution in [0.25, 0.3) is 0 Å². The molecular weight excluding hydrogens is 437 g/mol. The predicted molar refractivity (Wildman–Crippen MR) is 110 cm³/mol. The topological polar surface area (TPSA) is 77.0 Å². The van der Waals surface area contributed by atoms with Gasteiger partial charge >= 0.3 is 6.18 Å². The molecule has 3 aliphatic heterocycles. The number of likely N-dealkylation sites (tertiary alicyclic amines) is 1. The number of hydrogen-bond donors (Lipinski definition) is 1. The lowest BCUT2D eigenvalue weighted by Gasteiger charge is -2.58. The number of piperazine rings is 1. The SMILES string of the molecule is O=C1[C@@H]2C[C@@H](O)CN2C2(CN(Cc3ccc(C(F)(F)F)cc3)C2)C(=O)N1Cc1cccnc1. The van der Waals surface area contributed by atoms with Crippen LogP contribution in [0.2, 0.25) is 0 Å². The van der Waals surface area contributed by atoms with Crippen LogP contribution >= 0.6 is 0 Å². The maximum Gasteiger partial charge on any atom is 0.416 e. The Kier molecular flexibility index (Phi) is 5.26. The van der Waals surface area contributed by atoms with E-state index in [0.29, 0.717) is 25.2 Å². The number of alkyl halides is 3. The van der Waals surface area contributed by atoms with Crippen molar-refractivity contribution in [3.05, 3.63) is 65.5 Å². The molecule has 2 amide bonds. The zero-order chi connectivity index (χ0) is 23.4. The average molecular weight is 460 g/mol. The Morgan fingerprint density at radius 1 is 1.06 bits per heavy atom. The molecular formula is C23H23F3N4O3. The molecule has 3 fully saturated rings. The second-order valence-corrected chi connectivity index (χ2v) is 9.02. The first-order valence-electron chi connectivity index (χ1n) is 10.8. The quantitative estimate of drug-likeness (QED) is 0.700. The molecule has 0 aliphatic carbocycles. The second-order valence-electron chi connectivity index (χ2n) is 9.02. The molecule has 2 atom stereocenters. The van der Waals surface area contributed by atoms with E-state index in [2.05, 4.69) is 4.98 Å². The molecule has 2 aromatic rings. The Balaban J connectivity index is 1.34. The van der Waals surface area contributed by atoms with Crippen LogP contribution in [0, 0.1) is 0 Å². The van der Waals surface area contributed by atoms with Crippen molar-refractivity contribution >= 4 is 11.8 Å². The molecule has 5 rings (SSSR count). The first kappa shape index (κ1) is 22.0. The van der Waals surface area contributed by atoms with E-state index in [-0.39, 0.29) is 31.3 Å². The average Bonchev–Trinajstić information content (AvgIpc) is 3.15. The van der Waals surface area contributed by atoms with Crippen LogP contribution in [0.5, 0.6) is 0 Å². The van der Waals surface area contributed by atoms with Crippen molar-refractivity contribution < 1.29 is 27.9 Å². The van der Waals surface area contributed by atoms with E-state index in [0.717, 1.165) is 17.7 Å². The summed E-state index contributed by atoms with van der Waals surface area (Å²) >= 11 is 0. The molecule has 4 heterocycles. The summed E-state index contributed by atoms with van der Waals surface area (Å²) in [5.41, 5.74) is -0.179. The number of hydrogen-bond acceptors (Lipinski definition) is 6. The van der Waals surface area contributed by atoms with Crippen LogP contribution in [0.15, 0.2) is 48.8 Å². The van der Waals surface area contributed by atoms with Crippen molar-refractivity contribution in [2.24, 2.45) is 0 Å². The number of benzene rings is 1. The van der Waals surface area contributed by atoms with Crippen molar-refractivity contribution in [1.82, 2.24) is 19.7 Å². The Bertz CT molecular complexity index is 1050. The third-order valence-electron chi connectivity index (χ3n) is 6.74. The Hall–Kier alpha value is -2.82. The fraction of sp³-hybridized carbons (Fsp3) is 0.435. The van der Waals surface area contributed by atoms with Crippen LogP contribution in [0.1, 0.15) is 23.1 Å². The van der Waals surface area contributed by atoms with Crippen molar-refractivity contribution in [2.45, 2.75) is 43.4 Å². The van der Waals surface area contributed by atoms with Crippen molar-refractivity contribution in [3.8, 4) is 0 Å². The van der Waals surface area contributed by atoms with Crippen molar-refractivity contribution in [3.63, 3.8) is 0 Å². The Labute approximate surface area is 188 Å². The van der Waals surface area contributed by atoms with Gasteiger partial charge in [-0.25, -0.2) is 0 Å². The number of aliphatic hydroxyl groups is 1. The minimum Gasteiger partial charge on any atom is -0.392 e. The minimum atomic E-state index is -4.39. The molecule has 1 aromatic heterocycles. The molecule has 3 saturated heterocycles. The summed E-state index contributed by atoms with van der Waals surface area (Å²) in [6, 6.07) is 7.96. The number of imide groups is 1. The summed E-state index contributed by atoms with van der Waals surface area (Å²) < 4.78 is 38.4. The summed E-state index contributed by atoms with van der Waals surface area (Å²) in [6.07, 6.45) is -1.57. The summed E-state index contributed by atoms with van der Waals surface area (Å²) in [5.74, 6) is -0.613. The first-order chi connectivity index (χ1) is 15.7. The highest BCUT2D eigenvalue weighted by molar-refractivity contribution is 6.06. The molecule has 0 saturated carbocycles.